The molecule has 11 heteroatoms. The van der Waals surface area contributed by atoms with Crippen molar-refractivity contribution < 1.29 is 22.7 Å². The highest BCUT2D eigenvalue weighted by Crippen LogP contribution is 2.40. The van der Waals surface area contributed by atoms with Gasteiger partial charge in [-0.25, -0.2) is 18.2 Å². The second kappa shape index (κ2) is 8.19. The molecule has 3 heterocycles. The number of alkyl halides is 2. The monoisotopic (exact) mass is 410 g/mol. The van der Waals surface area contributed by atoms with Crippen LogP contribution in [-0.4, -0.2) is 58.2 Å². The predicted octanol–water partition coefficient (Wildman–Crippen LogP) is 2.05. The van der Waals surface area contributed by atoms with Crippen LogP contribution >= 0.6 is 0 Å². The van der Waals surface area contributed by atoms with Crippen molar-refractivity contribution in [2.45, 2.75) is 31.2 Å². The molecule has 1 aliphatic rings. The number of anilines is 2. The number of aromatic nitrogens is 3. The van der Waals surface area contributed by atoms with E-state index in [4.69, 9.17) is 10.5 Å². The number of halogens is 3. The second-order valence-corrected chi connectivity index (χ2v) is 6.82. The molecular weight excluding hydrogens is 389 g/mol. The van der Waals surface area contributed by atoms with Crippen LogP contribution in [0.3, 0.4) is 0 Å². The van der Waals surface area contributed by atoms with Gasteiger partial charge in [-0.2, -0.15) is 5.10 Å². The maximum Gasteiger partial charge on any atom is 0.258 e. The molecule has 0 spiro atoms. The fourth-order valence-electron chi connectivity index (χ4n) is 3.17. The van der Waals surface area contributed by atoms with Gasteiger partial charge in [0, 0.05) is 19.5 Å². The van der Waals surface area contributed by atoms with Gasteiger partial charge in [-0.15, -0.1) is 5.10 Å². The summed E-state index contributed by atoms with van der Waals surface area (Å²) in [5.41, 5.74) is 5.93. The molecule has 156 valence electrons. The number of nitrogens with one attached hydrogen (secondary N) is 1. The number of nitrogen functional groups attached to an aromatic ring is 1. The smallest absolute Gasteiger partial charge is 0.258 e. The van der Waals surface area contributed by atoms with Crippen LogP contribution in [-0.2, 0) is 4.79 Å². The summed E-state index contributed by atoms with van der Waals surface area (Å²) in [6.07, 6.45) is 0.530. The van der Waals surface area contributed by atoms with E-state index in [9.17, 15) is 18.0 Å². The Labute approximate surface area is 165 Å². The molecule has 1 fully saturated rings. The third kappa shape index (κ3) is 4.56. The van der Waals surface area contributed by atoms with Crippen LogP contribution in [0.1, 0.15) is 25.0 Å². The lowest BCUT2D eigenvalue weighted by Crippen LogP contribution is -2.52. The zero-order valence-corrected chi connectivity index (χ0v) is 15.9. The first kappa shape index (κ1) is 20.8. The van der Waals surface area contributed by atoms with Crippen molar-refractivity contribution in [2.75, 3.05) is 31.2 Å². The fourth-order valence-corrected chi connectivity index (χ4v) is 3.17. The zero-order valence-electron chi connectivity index (χ0n) is 15.9. The topological polar surface area (TPSA) is 106 Å². The molecule has 2 atom stereocenters. The molecule has 1 aliphatic heterocycles. The first-order valence-electron chi connectivity index (χ1n) is 8.92. The maximum absolute atomic E-state index is 14.6. The van der Waals surface area contributed by atoms with E-state index >= 15 is 0 Å². The van der Waals surface area contributed by atoms with Crippen LogP contribution in [0.15, 0.2) is 24.4 Å². The molecule has 3 N–H and O–H groups in total. The third-order valence-electron chi connectivity index (χ3n) is 4.92. The standard InChI is InChI=1S/C18H21F3N6O2/c1-10(16(28)24-15-4-3-11(19)8-23-15)27-6-5-18(20,21)12(9-27)14-7-13(22)17(29-2)26-25-14/h3-4,7-8,10,12H,5-6,9H2,1-2H3,(H2,22,25)(H,23,24,28). The number of hydrogen-bond donors (Lipinski definition) is 2. The quantitative estimate of drug-likeness (QED) is 0.777. The Balaban J connectivity index is 1.74. The van der Waals surface area contributed by atoms with Gasteiger partial charge in [0.15, 0.2) is 0 Å². The fraction of sp³-hybridized carbons (Fsp3) is 0.444. The predicted molar refractivity (Wildman–Crippen MR) is 99.2 cm³/mol. The minimum absolute atomic E-state index is 0.0218. The summed E-state index contributed by atoms with van der Waals surface area (Å²) < 4.78 is 47.0. The molecule has 0 radical (unpaired) electrons. The van der Waals surface area contributed by atoms with Gasteiger partial charge in [0.25, 0.3) is 11.8 Å². The van der Waals surface area contributed by atoms with Crippen molar-refractivity contribution in [1.29, 1.82) is 0 Å². The summed E-state index contributed by atoms with van der Waals surface area (Å²) in [6, 6.07) is 3.09. The van der Waals surface area contributed by atoms with E-state index in [-0.39, 0.29) is 36.2 Å². The van der Waals surface area contributed by atoms with Gasteiger partial charge in [-0.1, -0.05) is 0 Å². The van der Waals surface area contributed by atoms with Crippen molar-refractivity contribution >= 4 is 17.4 Å². The van der Waals surface area contributed by atoms with Gasteiger partial charge in [0.1, 0.15) is 11.6 Å². The first-order chi connectivity index (χ1) is 13.7. The van der Waals surface area contributed by atoms with Gasteiger partial charge in [0.05, 0.1) is 36.6 Å². The number of methoxy groups -OCH3 is 1. The number of carbonyl (C=O) groups excluding carboxylic acids is 1. The Morgan fingerprint density at radius 1 is 1.41 bits per heavy atom. The molecule has 0 bridgehead atoms. The summed E-state index contributed by atoms with van der Waals surface area (Å²) >= 11 is 0. The average Bonchev–Trinajstić information content (AvgIpc) is 2.69. The highest BCUT2D eigenvalue weighted by Gasteiger charge is 2.47. The van der Waals surface area contributed by atoms with E-state index < -0.39 is 36.0 Å². The number of hydrogen-bond acceptors (Lipinski definition) is 7. The molecule has 2 aromatic rings. The summed E-state index contributed by atoms with van der Waals surface area (Å²) in [5, 5.41) is 10.1. The number of likely N-dealkylation sites (tertiary alicyclic amines) is 1. The Bertz CT molecular complexity index is 880. The largest absolute Gasteiger partial charge is 0.478 e. The number of nitrogens with zero attached hydrogens (tertiary/aromatic N) is 4. The van der Waals surface area contributed by atoms with E-state index in [1.807, 2.05) is 0 Å². The zero-order chi connectivity index (χ0) is 21.2. The first-order valence-corrected chi connectivity index (χ1v) is 8.92. The molecule has 8 nitrogen and oxygen atoms in total. The Kier molecular flexibility index (Phi) is 5.87. The van der Waals surface area contributed by atoms with Gasteiger partial charge >= 0.3 is 0 Å². The molecule has 3 rings (SSSR count). The number of pyridine rings is 1. The molecule has 0 saturated carbocycles. The summed E-state index contributed by atoms with van der Waals surface area (Å²) in [4.78, 5) is 17.9. The number of ether oxygens (including phenoxy) is 1. The number of piperidine rings is 1. The number of amides is 1. The SMILES string of the molecule is COc1nnc(C2CN(C(C)C(=O)Nc3ccc(F)cn3)CCC2(F)F)cc1N. The minimum Gasteiger partial charge on any atom is -0.478 e. The molecule has 1 saturated heterocycles. The average molecular weight is 410 g/mol. The molecule has 2 unspecified atom stereocenters. The maximum atomic E-state index is 14.6. The van der Waals surface area contributed by atoms with E-state index in [0.29, 0.717) is 0 Å². The van der Waals surface area contributed by atoms with E-state index in [1.54, 1.807) is 11.8 Å². The van der Waals surface area contributed by atoms with Crippen molar-refractivity contribution in [3.8, 4) is 5.88 Å². The summed E-state index contributed by atoms with van der Waals surface area (Å²) in [5.74, 6) is -5.04. The van der Waals surface area contributed by atoms with E-state index in [1.165, 1.54) is 19.2 Å². The van der Waals surface area contributed by atoms with Crippen LogP contribution in [0, 0.1) is 5.82 Å². The van der Waals surface area contributed by atoms with Crippen LogP contribution in [0.5, 0.6) is 5.88 Å². The molecule has 0 aromatic carbocycles. The lowest BCUT2D eigenvalue weighted by Gasteiger charge is -2.40. The highest BCUT2D eigenvalue weighted by atomic mass is 19.3. The van der Waals surface area contributed by atoms with Crippen molar-refractivity contribution in [1.82, 2.24) is 20.1 Å². The number of nitrogens with two attached hydrogens (primary N) is 1. The van der Waals surface area contributed by atoms with Crippen molar-refractivity contribution in [2.24, 2.45) is 0 Å². The molecule has 1 amide bonds. The molecular formula is C18H21F3N6O2. The van der Waals surface area contributed by atoms with Gasteiger partial charge in [-0.05, 0) is 25.1 Å². The molecule has 2 aromatic heterocycles. The number of rotatable bonds is 5. The van der Waals surface area contributed by atoms with Crippen LogP contribution < -0.4 is 15.8 Å². The van der Waals surface area contributed by atoms with Crippen molar-refractivity contribution in [3.05, 3.63) is 35.9 Å². The Hall–Kier alpha value is -2.95. The molecule has 0 aliphatic carbocycles. The normalized spacial score (nSPS) is 20.1. The summed E-state index contributed by atoms with van der Waals surface area (Å²) in [7, 11) is 1.35. The van der Waals surface area contributed by atoms with Gasteiger partial charge in [-0.3, -0.25) is 9.69 Å². The summed E-state index contributed by atoms with van der Waals surface area (Å²) in [6.45, 7) is 1.51. The Morgan fingerprint density at radius 2 is 2.17 bits per heavy atom. The van der Waals surface area contributed by atoms with Crippen molar-refractivity contribution in [3.63, 3.8) is 0 Å². The third-order valence-corrected chi connectivity index (χ3v) is 4.92. The Morgan fingerprint density at radius 3 is 2.79 bits per heavy atom. The lowest BCUT2D eigenvalue weighted by atomic mass is 9.89. The van der Waals surface area contributed by atoms with E-state index in [2.05, 4.69) is 20.5 Å². The highest BCUT2D eigenvalue weighted by molar-refractivity contribution is 5.93. The van der Waals surface area contributed by atoms with Gasteiger partial charge < -0.3 is 15.8 Å². The lowest BCUT2D eigenvalue weighted by molar-refractivity contribution is -0.125. The minimum atomic E-state index is -3.03. The van der Waals surface area contributed by atoms with Gasteiger partial charge in [0.2, 0.25) is 5.91 Å². The van der Waals surface area contributed by atoms with Crippen LogP contribution in [0.2, 0.25) is 0 Å². The van der Waals surface area contributed by atoms with E-state index in [0.717, 1.165) is 12.3 Å². The van der Waals surface area contributed by atoms with Crippen LogP contribution in [0.4, 0.5) is 24.7 Å². The number of carbonyl (C=O) groups is 1. The molecule has 29 heavy (non-hydrogen) atoms. The van der Waals surface area contributed by atoms with Crippen LogP contribution in [0.25, 0.3) is 0 Å². The second-order valence-electron chi connectivity index (χ2n) is 6.82.